The van der Waals surface area contributed by atoms with Gasteiger partial charge in [-0.3, -0.25) is 24.3 Å². The summed E-state index contributed by atoms with van der Waals surface area (Å²) in [5, 5.41) is 4.56. The minimum absolute atomic E-state index is 0.128. The number of imide groups is 1. The van der Waals surface area contributed by atoms with Gasteiger partial charge < -0.3 is 5.32 Å². The number of benzene rings is 1. The summed E-state index contributed by atoms with van der Waals surface area (Å²) in [5.74, 6) is -0.505. The Morgan fingerprint density at radius 1 is 1.13 bits per heavy atom. The molecular weight excluding hydrogens is 294 g/mol. The lowest BCUT2D eigenvalue weighted by molar-refractivity contribution is -0.138. The van der Waals surface area contributed by atoms with Gasteiger partial charge in [-0.2, -0.15) is 0 Å². The third kappa shape index (κ3) is 3.21. The van der Waals surface area contributed by atoms with E-state index in [0.717, 1.165) is 10.8 Å². The predicted molar refractivity (Wildman–Crippen MR) is 84.6 cm³/mol. The van der Waals surface area contributed by atoms with E-state index in [1.54, 1.807) is 6.20 Å². The van der Waals surface area contributed by atoms with Gasteiger partial charge in [0.25, 0.3) is 5.91 Å². The maximum atomic E-state index is 12.3. The van der Waals surface area contributed by atoms with Crippen LogP contribution in [0.15, 0.2) is 36.5 Å². The second-order valence-corrected chi connectivity index (χ2v) is 5.43. The van der Waals surface area contributed by atoms with Crippen molar-refractivity contribution in [3.05, 3.63) is 42.2 Å². The molecule has 23 heavy (non-hydrogen) atoms. The predicted octanol–water partition coefficient (Wildman–Crippen LogP) is 1.50. The Morgan fingerprint density at radius 3 is 2.65 bits per heavy atom. The molecule has 6 heteroatoms. The summed E-state index contributed by atoms with van der Waals surface area (Å²) in [4.78, 5) is 40.7. The van der Waals surface area contributed by atoms with Gasteiger partial charge in [-0.25, -0.2) is 0 Å². The monoisotopic (exact) mass is 311 g/mol. The van der Waals surface area contributed by atoms with Crippen LogP contribution in [-0.2, 0) is 9.59 Å². The van der Waals surface area contributed by atoms with Crippen LogP contribution in [-0.4, -0.2) is 40.7 Å². The normalized spacial score (nSPS) is 14.5. The highest BCUT2D eigenvalue weighted by atomic mass is 16.2. The van der Waals surface area contributed by atoms with Gasteiger partial charge in [0.15, 0.2) is 0 Å². The number of nitrogens with one attached hydrogen (secondary N) is 1. The summed E-state index contributed by atoms with van der Waals surface area (Å²) in [6.45, 7) is 0.738. The Morgan fingerprint density at radius 2 is 1.87 bits per heavy atom. The molecule has 1 aromatic heterocycles. The van der Waals surface area contributed by atoms with Crippen molar-refractivity contribution < 1.29 is 14.4 Å². The first-order valence-electron chi connectivity index (χ1n) is 7.62. The van der Waals surface area contributed by atoms with E-state index in [1.807, 2.05) is 30.3 Å². The van der Waals surface area contributed by atoms with Crippen molar-refractivity contribution in [1.29, 1.82) is 0 Å². The van der Waals surface area contributed by atoms with E-state index in [4.69, 9.17) is 0 Å². The number of likely N-dealkylation sites (tertiary alicyclic amines) is 1. The van der Waals surface area contributed by atoms with Crippen molar-refractivity contribution in [1.82, 2.24) is 15.2 Å². The second-order valence-electron chi connectivity index (χ2n) is 5.43. The van der Waals surface area contributed by atoms with E-state index in [-0.39, 0.29) is 17.7 Å². The highest BCUT2D eigenvalue weighted by Gasteiger charge is 2.27. The third-order valence-electron chi connectivity index (χ3n) is 3.89. The molecule has 0 aliphatic carbocycles. The fourth-order valence-corrected chi connectivity index (χ4v) is 2.70. The van der Waals surface area contributed by atoms with Gasteiger partial charge in [0.05, 0.1) is 0 Å². The van der Waals surface area contributed by atoms with Gasteiger partial charge >= 0.3 is 0 Å². The average Bonchev–Trinajstić information content (AvgIpc) is 2.89. The highest BCUT2D eigenvalue weighted by molar-refractivity contribution is 6.05. The number of fused-ring (bicyclic) bond motifs is 1. The molecule has 1 fully saturated rings. The average molecular weight is 311 g/mol. The Labute approximate surface area is 133 Å². The Balaban J connectivity index is 1.57. The summed E-state index contributed by atoms with van der Waals surface area (Å²) < 4.78 is 0. The zero-order valence-electron chi connectivity index (χ0n) is 12.6. The molecular formula is C17H17N3O3. The van der Waals surface area contributed by atoms with Gasteiger partial charge in [-0.05, 0) is 17.9 Å². The first kappa shape index (κ1) is 15.1. The van der Waals surface area contributed by atoms with Gasteiger partial charge in [-0.1, -0.05) is 24.3 Å². The number of nitrogens with zero attached hydrogens (tertiary/aromatic N) is 2. The molecule has 0 saturated carbocycles. The van der Waals surface area contributed by atoms with Crippen LogP contribution in [0.3, 0.4) is 0 Å². The van der Waals surface area contributed by atoms with E-state index in [1.165, 1.54) is 4.90 Å². The van der Waals surface area contributed by atoms with Crippen molar-refractivity contribution in [3.8, 4) is 0 Å². The lowest BCUT2D eigenvalue weighted by atomic mass is 10.1. The summed E-state index contributed by atoms with van der Waals surface area (Å²) >= 11 is 0. The quantitative estimate of drug-likeness (QED) is 0.670. The van der Waals surface area contributed by atoms with Crippen molar-refractivity contribution >= 4 is 28.5 Å². The maximum absolute atomic E-state index is 12.3. The SMILES string of the molecule is O=C(NCCCN1C(=O)CCC1=O)c1nccc2ccccc12. The molecule has 2 heterocycles. The van der Waals surface area contributed by atoms with Gasteiger partial charge in [0, 0.05) is 37.5 Å². The lowest BCUT2D eigenvalue weighted by Crippen LogP contribution is -2.33. The van der Waals surface area contributed by atoms with Crippen molar-refractivity contribution in [2.45, 2.75) is 19.3 Å². The number of aromatic nitrogens is 1. The number of carbonyl (C=O) groups is 3. The second kappa shape index (κ2) is 6.56. The molecule has 3 amide bonds. The molecule has 0 radical (unpaired) electrons. The number of carbonyl (C=O) groups excluding carboxylic acids is 3. The standard InChI is InChI=1S/C17H17N3O3/c21-14-6-7-15(22)20(14)11-3-9-19-17(23)16-13-5-2-1-4-12(13)8-10-18-16/h1-2,4-5,8,10H,3,6-7,9,11H2,(H,19,23). The summed E-state index contributed by atoms with van der Waals surface area (Å²) in [6, 6.07) is 9.42. The molecule has 6 nitrogen and oxygen atoms in total. The first-order chi connectivity index (χ1) is 11.2. The molecule has 3 rings (SSSR count). The lowest BCUT2D eigenvalue weighted by Gasteiger charge is -2.13. The molecule has 0 spiro atoms. The Bertz CT molecular complexity index is 751. The molecule has 0 unspecified atom stereocenters. The van der Waals surface area contributed by atoms with E-state index < -0.39 is 0 Å². The molecule has 1 aliphatic rings. The molecule has 2 aromatic rings. The summed E-state index contributed by atoms with van der Waals surface area (Å²) in [6.07, 6.45) is 2.74. The topological polar surface area (TPSA) is 79.4 Å². The molecule has 1 aromatic carbocycles. The van der Waals surface area contributed by atoms with E-state index in [2.05, 4.69) is 10.3 Å². The molecule has 118 valence electrons. The van der Waals surface area contributed by atoms with Crippen molar-refractivity contribution in [2.75, 3.05) is 13.1 Å². The number of hydrogen-bond acceptors (Lipinski definition) is 4. The zero-order chi connectivity index (χ0) is 16.2. The summed E-state index contributed by atoms with van der Waals surface area (Å²) in [7, 11) is 0. The van der Waals surface area contributed by atoms with E-state index in [0.29, 0.717) is 38.0 Å². The van der Waals surface area contributed by atoms with Crippen LogP contribution in [0.2, 0.25) is 0 Å². The van der Waals surface area contributed by atoms with Crippen LogP contribution in [0.4, 0.5) is 0 Å². The van der Waals surface area contributed by atoms with Crippen molar-refractivity contribution in [2.24, 2.45) is 0 Å². The van der Waals surface area contributed by atoms with Crippen LogP contribution >= 0.6 is 0 Å². The fourth-order valence-electron chi connectivity index (χ4n) is 2.70. The van der Waals surface area contributed by atoms with E-state index >= 15 is 0 Å². The smallest absolute Gasteiger partial charge is 0.270 e. The van der Waals surface area contributed by atoms with Crippen LogP contribution in [0, 0.1) is 0 Å². The largest absolute Gasteiger partial charge is 0.351 e. The first-order valence-corrected chi connectivity index (χ1v) is 7.62. The zero-order valence-corrected chi connectivity index (χ0v) is 12.6. The van der Waals surface area contributed by atoms with Gasteiger partial charge in [0.1, 0.15) is 5.69 Å². The number of hydrogen-bond donors (Lipinski definition) is 1. The van der Waals surface area contributed by atoms with Crippen LogP contribution in [0.1, 0.15) is 29.8 Å². The Hall–Kier alpha value is -2.76. The Kier molecular flexibility index (Phi) is 4.32. The fraction of sp³-hybridized carbons (Fsp3) is 0.294. The molecule has 0 atom stereocenters. The number of amides is 3. The van der Waals surface area contributed by atoms with E-state index in [9.17, 15) is 14.4 Å². The molecule has 1 aliphatic heterocycles. The molecule has 0 bridgehead atoms. The van der Waals surface area contributed by atoms with Crippen LogP contribution in [0.5, 0.6) is 0 Å². The van der Waals surface area contributed by atoms with Crippen LogP contribution < -0.4 is 5.32 Å². The molecule has 1 N–H and O–H groups in total. The van der Waals surface area contributed by atoms with Crippen LogP contribution in [0.25, 0.3) is 10.8 Å². The molecule has 1 saturated heterocycles. The van der Waals surface area contributed by atoms with Gasteiger partial charge in [0.2, 0.25) is 11.8 Å². The summed E-state index contributed by atoms with van der Waals surface area (Å²) in [5.41, 5.74) is 0.386. The number of rotatable bonds is 5. The third-order valence-corrected chi connectivity index (χ3v) is 3.89. The minimum atomic E-state index is -0.249. The van der Waals surface area contributed by atoms with Gasteiger partial charge in [-0.15, -0.1) is 0 Å². The number of pyridine rings is 1. The highest BCUT2D eigenvalue weighted by Crippen LogP contribution is 2.16. The van der Waals surface area contributed by atoms with Crippen molar-refractivity contribution in [3.63, 3.8) is 0 Å². The minimum Gasteiger partial charge on any atom is -0.351 e. The maximum Gasteiger partial charge on any atom is 0.270 e.